The van der Waals surface area contributed by atoms with Gasteiger partial charge >= 0.3 is 0 Å². The van der Waals surface area contributed by atoms with E-state index in [4.69, 9.17) is 4.74 Å². The Kier molecular flexibility index (Phi) is 5.01. The summed E-state index contributed by atoms with van der Waals surface area (Å²) in [6.45, 7) is 3.10. The average molecular weight is 418 g/mol. The Labute approximate surface area is 176 Å². The van der Waals surface area contributed by atoms with E-state index in [1.54, 1.807) is 12.4 Å². The molecule has 5 rings (SSSR count). The maximum atomic E-state index is 14.6. The molecule has 9 heteroatoms. The van der Waals surface area contributed by atoms with E-state index in [2.05, 4.69) is 30.2 Å². The van der Waals surface area contributed by atoms with Crippen molar-refractivity contribution in [1.29, 1.82) is 0 Å². The molecule has 1 aliphatic rings. The number of ether oxygens (including phenoxy) is 1. The van der Waals surface area contributed by atoms with Gasteiger partial charge in [0.1, 0.15) is 18.0 Å². The molecule has 1 aliphatic heterocycles. The first-order valence-electron chi connectivity index (χ1n) is 9.86. The van der Waals surface area contributed by atoms with Crippen molar-refractivity contribution < 1.29 is 9.13 Å². The van der Waals surface area contributed by atoms with Crippen molar-refractivity contribution in [3.63, 3.8) is 0 Å². The molecule has 0 bridgehead atoms. The van der Waals surface area contributed by atoms with Crippen molar-refractivity contribution in [2.45, 2.75) is 0 Å². The number of rotatable bonds is 4. The summed E-state index contributed by atoms with van der Waals surface area (Å²) in [7, 11) is 0. The molecule has 4 aromatic rings. The van der Waals surface area contributed by atoms with Gasteiger partial charge in [-0.15, -0.1) is 0 Å². The van der Waals surface area contributed by atoms with Gasteiger partial charge in [0.2, 0.25) is 0 Å². The van der Waals surface area contributed by atoms with Crippen LogP contribution >= 0.6 is 0 Å². The molecule has 4 heterocycles. The summed E-state index contributed by atoms with van der Waals surface area (Å²) in [6, 6.07) is 9.34. The van der Waals surface area contributed by atoms with Crippen molar-refractivity contribution in [2.75, 3.05) is 36.5 Å². The van der Waals surface area contributed by atoms with Crippen LogP contribution in [0.4, 0.5) is 21.6 Å². The van der Waals surface area contributed by atoms with Gasteiger partial charge in [0.05, 0.1) is 24.3 Å². The number of benzene rings is 1. The first-order valence-corrected chi connectivity index (χ1v) is 9.86. The second-order valence-corrected chi connectivity index (χ2v) is 7.14. The molecule has 0 aliphatic carbocycles. The molecular formula is C22H19FN6O2. The summed E-state index contributed by atoms with van der Waals surface area (Å²) in [6.07, 6.45) is 5.64. The first kappa shape index (κ1) is 19.1. The smallest absolute Gasteiger partial charge is 0.259 e. The van der Waals surface area contributed by atoms with E-state index in [0.717, 1.165) is 30.7 Å². The van der Waals surface area contributed by atoms with Gasteiger partial charge in [-0.1, -0.05) is 0 Å². The second kappa shape index (κ2) is 8.11. The van der Waals surface area contributed by atoms with Crippen LogP contribution in [-0.2, 0) is 4.74 Å². The van der Waals surface area contributed by atoms with Crippen molar-refractivity contribution in [2.24, 2.45) is 0 Å². The highest BCUT2D eigenvalue weighted by atomic mass is 19.1. The lowest BCUT2D eigenvalue weighted by Crippen LogP contribution is -2.36. The van der Waals surface area contributed by atoms with Crippen LogP contribution in [0.3, 0.4) is 0 Å². The van der Waals surface area contributed by atoms with Gasteiger partial charge in [0.15, 0.2) is 0 Å². The predicted molar refractivity (Wildman–Crippen MR) is 116 cm³/mol. The number of anilines is 3. The Morgan fingerprint density at radius 1 is 1.10 bits per heavy atom. The van der Waals surface area contributed by atoms with E-state index in [-0.39, 0.29) is 16.6 Å². The lowest BCUT2D eigenvalue weighted by molar-refractivity contribution is 0.122. The molecular weight excluding hydrogens is 399 g/mol. The molecule has 0 spiro atoms. The highest BCUT2D eigenvalue weighted by molar-refractivity contribution is 5.95. The van der Waals surface area contributed by atoms with E-state index < -0.39 is 11.4 Å². The summed E-state index contributed by atoms with van der Waals surface area (Å²) < 4.78 is 20.0. The number of halogens is 1. The molecule has 0 amide bonds. The van der Waals surface area contributed by atoms with E-state index in [1.165, 1.54) is 12.4 Å². The van der Waals surface area contributed by atoms with Crippen LogP contribution in [-0.4, -0.2) is 46.2 Å². The lowest BCUT2D eigenvalue weighted by Gasteiger charge is -2.28. The van der Waals surface area contributed by atoms with Crippen LogP contribution in [0.2, 0.25) is 0 Å². The minimum absolute atomic E-state index is 0.151. The molecule has 31 heavy (non-hydrogen) atoms. The largest absolute Gasteiger partial charge is 0.378 e. The van der Waals surface area contributed by atoms with Gasteiger partial charge in [-0.05, 0) is 30.3 Å². The Bertz CT molecular complexity index is 1270. The fourth-order valence-corrected chi connectivity index (χ4v) is 3.63. The Balaban J connectivity index is 1.55. The quantitative estimate of drug-likeness (QED) is 0.526. The third-order valence-corrected chi connectivity index (χ3v) is 5.20. The zero-order chi connectivity index (χ0) is 21.2. The monoisotopic (exact) mass is 418 g/mol. The molecule has 156 valence electrons. The number of morpholine rings is 1. The summed E-state index contributed by atoms with van der Waals surface area (Å²) in [5.74, 6) is -0.281. The molecule has 8 nitrogen and oxygen atoms in total. The van der Waals surface area contributed by atoms with Crippen LogP contribution < -0.4 is 15.8 Å². The van der Waals surface area contributed by atoms with Gasteiger partial charge in [-0.3, -0.25) is 4.79 Å². The standard InChI is InChI=1S/C22H19FN6O2/c23-18-12-26-22(30)20-17(18)9-19(14-10-24-13-25-11-14)28-21(20)27-15-1-3-16(4-2-15)29-5-7-31-8-6-29/h1-4,9-13H,5-8H2,(H,26,30)(H,27,28). The third-order valence-electron chi connectivity index (χ3n) is 5.20. The molecule has 0 atom stereocenters. The van der Waals surface area contributed by atoms with Crippen LogP contribution in [0.5, 0.6) is 0 Å². The number of aromatic amines is 1. The predicted octanol–water partition coefficient (Wildman–Crippen LogP) is 3.10. The van der Waals surface area contributed by atoms with Crippen molar-refractivity contribution in [1.82, 2.24) is 19.9 Å². The average Bonchev–Trinajstić information content (AvgIpc) is 2.83. The molecule has 0 unspecified atom stereocenters. The van der Waals surface area contributed by atoms with E-state index in [9.17, 15) is 9.18 Å². The maximum absolute atomic E-state index is 14.6. The Morgan fingerprint density at radius 3 is 2.58 bits per heavy atom. The zero-order valence-electron chi connectivity index (χ0n) is 16.5. The number of nitrogens with zero attached hydrogens (tertiary/aromatic N) is 4. The minimum atomic E-state index is -0.541. The topological polar surface area (TPSA) is 96.0 Å². The van der Waals surface area contributed by atoms with Gasteiger partial charge in [0.25, 0.3) is 5.56 Å². The van der Waals surface area contributed by atoms with E-state index in [0.29, 0.717) is 24.5 Å². The number of fused-ring (bicyclic) bond motifs is 1. The van der Waals surface area contributed by atoms with Crippen LogP contribution in [0.25, 0.3) is 22.0 Å². The SMILES string of the molecule is O=c1[nH]cc(F)c2cc(-c3cncnc3)nc(Nc3ccc(N4CCOCC4)cc3)c12. The molecule has 0 radical (unpaired) electrons. The van der Waals surface area contributed by atoms with E-state index >= 15 is 0 Å². The Hall–Kier alpha value is -3.85. The number of H-pyrrole nitrogens is 1. The van der Waals surface area contributed by atoms with Crippen LogP contribution in [0.15, 0.2) is 60.0 Å². The minimum Gasteiger partial charge on any atom is -0.378 e. The first-order chi connectivity index (χ1) is 15.2. The molecule has 0 saturated carbocycles. The van der Waals surface area contributed by atoms with Gasteiger partial charge in [0, 0.05) is 54.0 Å². The highest BCUT2D eigenvalue weighted by Gasteiger charge is 2.16. The number of hydrogen-bond acceptors (Lipinski definition) is 7. The van der Waals surface area contributed by atoms with Crippen molar-refractivity contribution in [3.05, 3.63) is 71.4 Å². The zero-order valence-corrected chi connectivity index (χ0v) is 16.5. The van der Waals surface area contributed by atoms with Crippen molar-refractivity contribution >= 4 is 28.0 Å². The summed E-state index contributed by atoms with van der Waals surface area (Å²) in [5.41, 5.74) is 2.48. The summed E-state index contributed by atoms with van der Waals surface area (Å²) in [4.78, 5) is 29.8. The lowest BCUT2D eigenvalue weighted by atomic mass is 10.1. The highest BCUT2D eigenvalue weighted by Crippen LogP contribution is 2.29. The number of nitrogens with one attached hydrogen (secondary N) is 2. The normalized spacial score (nSPS) is 14.0. The van der Waals surface area contributed by atoms with Crippen LogP contribution in [0, 0.1) is 5.82 Å². The third kappa shape index (κ3) is 3.82. The van der Waals surface area contributed by atoms with Gasteiger partial charge < -0.3 is 19.9 Å². The second-order valence-electron chi connectivity index (χ2n) is 7.14. The molecule has 2 N–H and O–H groups in total. The molecule has 1 aromatic carbocycles. The Morgan fingerprint density at radius 2 is 1.84 bits per heavy atom. The van der Waals surface area contributed by atoms with Gasteiger partial charge in [-0.2, -0.15) is 0 Å². The van der Waals surface area contributed by atoms with Crippen LogP contribution in [0.1, 0.15) is 0 Å². The molecule has 1 saturated heterocycles. The maximum Gasteiger partial charge on any atom is 0.259 e. The summed E-state index contributed by atoms with van der Waals surface area (Å²) in [5, 5.41) is 3.50. The number of hydrogen-bond donors (Lipinski definition) is 2. The molecule has 3 aromatic heterocycles. The summed E-state index contributed by atoms with van der Waals surface area (Å²) >= 11 is 0. The number of aromatic nitrogens is 4. The van der Waals surface area contributed by atoms with Crippen molar-refractivity contribution in [3.8, 4) is 11.3 Å². The number of pyridine rings is 2. The van der Waals surface area contributed by atoms with Gasteiger partial charge in [-0.25, -0.2) is 19.3 Å². The van der Waals surface area contributed by atoms with E-state index in [1.807, 2.05) is 24.3 Å². The fourth-order valence-electron chi connectivity index (χ4n) is 3.63. The molecule has 1 fully saturated rings. The fraction of sp³-hybridized carbons (Fsp3) is 0.182.